The van der Waals surface area contributed by atoms with Crippen LogP contribution in [0.3, 0.4) is 0 Å². The molecule has 3 rings (SSSR count). The summed E-state index contributed by atoms with van der Waals surface area (Å²) in [6.07, 6.45) is 4.64. The van der Waals surface area contributed by atoms with Gasteiger partial charge in [-0.25, -0.2) is 4.98 Å². The number of benzene rings is 1. The summed E-state index contributed by atoms with van der Waals surface area (Å²) in [6, 6.07) is 7.24. The molecule has 0 bridgehead atoms. The molecule has 1 aromatic carbocycles. The van der Waals surface area contributed by atoms with Crippen LogP contribution in [0.2, 0.25) is 0 Å². The predicted octanol–water partition coefficient (Wildman–Crippen LogP) is 2.50. The fourth-order valence-electron chi connectivity index (χ4n) is 2.78. The zero-order valence-electron chi connectivity index (χ0n) is 11.4. The molecule has 4 heteroatoms. The van der Waals surface area contributed by atoms with Gasteiger partial charge in [-0.2, -0.15) is 0 Å². The molecule has 19 heavy (non-hydrogen) atoms. The van der Waals surface area contributed by atoms with Gasteiger partial charge in [0, 0.05) is 25.6 Å². The third-order valence-corrected chi connectivity index (χ3v) is 3.93. The molecule has 0 atom stereocenters. The lowest BCUT2D eigenvalue weighted by atomic mass is 9.92. The van der Waals surface area contributed by atoms with E-state index in [0.717, 1.165) is 36.4 Å². The van der Waals surface area contributed by atoms with Gasteiger partial charge in [-0.1, -0.05) is 6.07 Å². The molecule has 1 aromatic heterocycles. The van der Waals surface area contributed by atoms with E-state index in [4.69, 9.17) is 10.2 Å². The zero-order chi connectivity index (χ0) is 13.2. The van der Waals surface area contributed by atoms with Crippen molar-refractivity contribution in [2.75, 3.05) is 0 Å². The average molecular weight is 259 g/mol. The summed E-state index contributed by atoms with van der Waals surface area (Å²) < 4.78 is 5.56. The number of fused-ring (bicyclic) bond motifs is 1. The Morgan fingerprint density at radius 2 is 2.11 bits per heavy atom. The first-order valence-corrected chi connectivity index (χ1v) is 7.06. The first kappa shape index (κ1) is 12.6. The van der Waals surface area contributed by atoms with Crippen LogP contribution in [0, 0.1) is 6.92 Å². The van der Waals surface area contributed by atoms with E-state index in [9.17, 15) is 0 Å². The number of aryl methyl sites for hydroxylation is 1. The molecule has 1 aliphatic carbocycles. The molecule has 4 nitrogen and oxygen atoms in total. The van der Waals surface area contributed by atoms with Crippen LogP contribution in [0.25, 0.3) is 11.1 Å². The smallest absolute Gasteiger partial charge is 0.192 e. The largest absolute Gasteiger partial charge is 0.441 e. The van der Waals surface area contributed by atoms with E-state index in [1.807, 2.05) is 13.0 Å². The van der Waals surface area contributed by atoms with Crippen molar-refractivity contribution in [1.82, 2.24) is 10.3 Å². The summed E-state index contributed by atoms with van der Waals surface area (Å²) in [5, 5.41) is 3.61. The lowest BCUT2D eigenvalue weighted by molar-refractivity contribution is 0.342. The first-order valence-electron chi connectivity index (χ1n) is 7.06. The second kappa shape index (κ2) is 5.31. The van der Waals surface area contributed by atoms with E-state index < -0.39 is 0 Å². The zero-order valence-corrected chi connectivity index (χ0v) is 11.4. The molecule has 1 aliphatic rings. The van der Waals surface area contributed by atoms with Crippen molar-refractivity contribution < 1.29 is 4.42 Å². The number of hydrogen-bond acceptors (Lipinski definition) is 4. The lowest BCUT2D eigenvalue weighted by Crippen LogP contribution is -2.36. The number of nitrogens with two attached hydrogens (primary N) is 1. The standard InChI is InChI=1S/C15H21N3O/c1-10-18-14-7-2-11(8-15(14)19-10)9-17-13-5-3-12(16)4-6-13/h2,7-8,12-13,17H,3-6,9,16H2,1H3. The summed E-state index contributed by atoms with van der Waals surface area (Å²) in [7, 11) is 0. The molecule has 0 radical (unpaired) electrons. The van der Waals surface area contributed by atoms with Crippen LogP contribution in [0.1, 0.15) is 37.1 Å². The van der Waals surface area contributed by atoms with Crippen LogP contribution in [0.5, 0.6) is 0 Å². The molecule has 0 amide bonds. The van der Waals surface area contributed by atoms with Gasteiger partial charge in [0.25, 0.3) is 0 Å². The van der Waals surface area contributed by atoms with Gasteiger partial charge in [0.05, 0.1) is 0 Å². The van der Waals surface area contributed by atoms with Crippen molar-refractivity contribution in [3.05, 3.63) is 29.7 Å². The maximum Gasteiger partial charge on any atom is 0.192 e. The summed E-state index contributed by atoms with van der Waals surface area (Å²) in [5.74, 6) is 0.723. The first-order chi connectivity index (χ1) is 9.20. The Balaban J connectivity index is 1.61. The van der Waals surface area contributed by atoms with Crippen molar-refractivity contribution in [1.29, 1.82) is 0 Å². The molecular weight excluding hydrogens is 238 g/mol. The molecule has 0 saturated heterocycles. The Kier molecular flexibility index (Phi) is 3.53. The summed E-state index contributed by atoms with van der Waals surface area (Å²) >= 11 is 0. The number of rotatable bonds is 3. The monoisotopic (exact) mass is 259 g/mol. The highest BCUT2D eigenvalue weighted by Crippen LogP contribution is 2.19. The molecule has 0 aliphatic heterocycles. The summed E-state index contributed by atoms with van der Waals surface area (Å²) in [5.41, 5.74) is 8.98. The number of nitrogens with zero attached hydrogens (tertiary/aromatic N) is 1. The fourth-order valence-corrected chi connectivity index (χ4v) is 2.78. The molecule has 1 saturated carbocycles. The Morgan fingerprint density at radius 3 is 2.89 bits per heavy atom. The minimum atomic E-state index is 0.409. The molecule has 0 unspecified atom stereocenters. The van der Waals surface area contributed by atoms with E-state index in [0.29, 0.717) is 12.1 Å². The summed E-state index contributed by atoms with van der Waals surface area (Å²) in [6.45, 7) is 2.76. The molecule has 2 aromatic rings. The third-order valence-electron chi connectivity index (χ3n) is 3.93. The maximum absolute atomic E-state index is 5.92. The van der Waals surface area contributed by atoms with Crippen molar-refractivity contribution in [2.24, 2.45) is 5.73 Å². The van der Waals surface area contributed by atoms with Gasteiger partial charge < -0.3 is 15.5 Å². The Labute approximate surface area is 113 Å². The van der Waals surface area contributed by atoms with Gasteiger partial charge in [0.2, 0.25) is 0 Å². The second-order valence-electron chi connectivity index (χ2n) is 5.53. The molecule has 1 fully saturated rings. The van der Waals surface area contributed by atoms with Crippen LogP contribution in [-0.2, 0) is 6.54 Å². The maximum atomic E-state index is 5.92. The van der Waals surface area contributed by atoms with E-state index in [2.05, 4.69) is 22.4 Å². The average Bonchev–Trinajstić information content (AvgIpc) is 2.77. The van der Waals surface area contributed by atoms with Gasteiger partial charge >= 0.3 is 0 Å². The van der Waals surface area contributed by atoms with E-state index in [1.165, 1.54) is 18.4 Å². The molecule has 0 spiro atoms. The fraction of sp³-hybridized carbons (Fsp3) is 0.533. The number of aromatic nitrogens is 1. The van der Waals surface area contributed by atoms with Crippen molar-refractivity contribution in [3.63, 3.8) is 0 Å². The van der Waals surface area contributed by atoms with Crippen molar-refractivity contribution >= 4 is 11.1 Å². The van der Waals surface area contributed by atoms with Crippen molar-refractivity contribution in [2.45, 2.75) is 51.2 Å². The third kappa shape index (κ3) is 2.96. The van der Waals surface area contributed by atoms with Crippen LogP contribution < -0.4 is 11.1 Å². The van der Waals surface area contributed by atoms with Gasteiger partial charge in [-0.15, -0.1) is 0 Å². The van der Waals surface area contributed by atoms with Crippen LogP contribution in [-0.4, -0.2) is 17.1 Å². The van der Waals surface area contributed by atoms with Gasteiger partial charge in [0.1, 0.15) is 5.52 Å². The summed E-state index contributed by atoms with van der Waals surface area (Å²) in [4.78, 5) is 4.31. The van der Waals surface area contributed by atoms with Gasteiger partial charge in [-0.05, 0) is 43.4 Å². The highest BCUT2D eigenvalue weighted by molar-refractivity contribution is 5.73. The van der Waals surface area contributed by atoms with Gasteiger partial charge in [0.15, 0.2) is 11.5 Å². The molecule has 1 heterocycles. The minimum absolute atomic E-state index is 0.409. The highest BCUT2D eigenvalue weighted by atomic mass is 16.3. The van der Waals surface area contributed by atoms with Crippen LogP contribution in [0.4, 0.5) is 0 Å². The van der Waals surface area contributed by atoms with Crippen LogP contribution in [0.15, 0.2) is 22.6 Å². The van der Waals surface area contributed by atoms with E-state index >= 15 is 0 Å². The number of oxazole rings is 1. The molecule has 102 valence electrons. The van der Waals surface area contributed by atoms with Crippen molar-refractivity contribution in [3.8, 4) is 0 Å². The van der Waals surface area contributed by atoms with Gasteiger partial charge in [-0.3, -0.25) is 0 Å². The minimum Gasteiger partial charge on any atom is -0.441 e. The quantitative estimate of drug-likeness (QED) is 0.889. The number of nitrogens with one attached hydrogen (secondary N) is 1. The SMILES string of the molecule is Cc1nc2ccc(CNC3CCC(N)CC3)cc2o1. The highest BCUT2D eigenvalue weighted by Gasteiger charge is 2.17. The Morgan fingerprint density at radius 1 is 1.32 bits per heavy atom. The van der Waals surface area contributed by atoms with E-state index in [1.54, 1.807) is 0 Å². The molecular formula is C15H21N3O. The number of hydrogen-bond donors (Lipinski definition) is 2. The predicted molar refractivity (Wildman–Crippen MR) is 75.8 cm³/mol. The van der Waals surface area contributed by atoms with Crippen LogP contribution >= 0.6 is 0 Å². The molecule has 3 N–H and O–H groups in total. The Hall–Kier alpha value is -1.39. The Bertz CT molecular complexity index is 556. The normalized spacial score (nSPS) is 23.9. The lowest BCUT2D eigenvalue weighted by Gasteiger charge is -2.26. The second-order valence-corrected chi connectivity index (χ2v) is 5.53. The topological polar surface area (TPSA) is 64.1 Å². The van der Waals surface area contributed by atoms with E-state index in [-0.39, 0.29) is 0 Å².